The molecule has 3 aromatic rings. The topological polar surface area (TPSA) is 101 Å². The number of carboxylic acids is 1. The van der Waals surface area contributed by atoms with Crippen molar-refractivity contribution in [1.29, 1.82) is 0 Å². The zero-order valence-corrected chi connectivity index (χ0v) is 18.2. The molecule has 3 heterocycles. The highest BCUT2D eigenvalue weighted by Crippen LogP contribution is 2.30. The van der Waals surface area contributed by atoms with Gasteiger partial charge in [-0.1, -0.05) is 25.1 Å². The van der Waals surface area contributed by atoms with Crippen LogP contribution in [0.15, 0.2) is 36.5 Å². The Hall–Kier alpha value is -3.69. The second kappa shape index (κ2) is 9.05. The van der Waals surface area contributed by atoms with Crippen molar-refractivity contribution in [3.05, 3.63) is 59.4 Å². The number of rotatable bonds is 6. The molecule has 1 saturated heterocycles. The van der Waals surface area contributed by atoms with Crippen molar-refractivity contribution in [1.82, 2.24) is 19.7 Å². The molecule has 0 aliphatic carbocycles. The zero-order chi connectivity index (χ0) is 23.7. The number of ketones is 1. The Morgan fingerprint density at radius 3 is 2.67 bits per heavy atom. The maximum Gasteiger partial charge on any atom is 0.326 e. The molecule has 1 aromatic carbocycles. The Morgan fingerprint density at radius 1 is 1.21 bits per heavy atom. The van der Waals surface area contributed by atoms with Crippen molar-refractivity contribution in [3.63, 3.8) is 0 Å². The normalized spacial score (nSPS) is 18.4. The molecule has 1 N–H and O–H groups in total. The number of carboxylic acid groups (broad SMARTS) is 1. The first-order chi connectivity index (χ1) is 15.8. The number of hydrogen-bond acceptors (Lipinski definition) is 6. The van der Waals surface area contributed by atoms with Gasteiger partial charge in [0.2, 0.25) is 0 Å². The zero-order valence-electron chi connectivity index (χ0n) is 18.2. The van der Waals surface area contributed by atoms with E-state index >= 15 is 0 Å². The van der Waals surface area contributed by atoms with Crippen molar-refractivity contribution in [2.45, 2.75) is 39.3 Å². The minimum absolute atomic E-state index is 0.0143. The molecule has 1 aliphatic rings. The number of nitrogens with zero attached hydrogens (tertiary/aromatic N) is 5. The van der Waals surface area contributed by atoms with Crippen LogP contribution in [0, 0.1) is 17.6 Å². The maximum atomic E-state index is 14.7. The minimum atomic E-state index is -1.05. The monoisotopic (exact) mass is 455 g/mol. The standard InChI is InChI=1S/C23H23F2N5O3/c1-13-6-5-9-29(20(13)23(32)33)22-17(25)11-26-21(27-22)18-10-19(14(2)31)30(28-18)12-15-7-3-4-8-16(15)24/h3-4,7-8,10-11,13,20H,5-6,9,12H2,1-2H3,(H,32,33)/t13-,20+/m0/s1. The van der Waals surface area contributed by atoms with Gasteiger partial charge in [0.25, 0.3) is 0 Å². The molecule has 10 heteroatoms. The van der Waals surface area contributed by atoms with Gasteiger partial charge in [-0.2, -0.15) is 5.10 Å². The second-order valence-electron chi connectivity index (χ2n) is 8.18. The SMILES string of the molecule is CC(=O)c1cc(-c2ncc(F)c(N3CCC[C@H](C)[C@@H]3C(=O)O)n2)nn1Cc1ccccc1F. The Bertz CT molecular complexity index is 1210. The summed E-state index contributed by atoms with van der Waals surface area (Å²) in [5.74, 6) is -2.76. The summed E-state index contributed by atoms with van der Waals surface area (Å²) in [5, 5.41) is 14.1. The molecule has 0 spiro atoms. The number of benzene rings is 1. The third kappa shape index (κ3) is 4.46. The van der Waals surface area contributed by atoms with Gasteiger partial charge >= 0.3 is 5.97 Å². The number of aliphatic carboxylic acids is 1. The third-order valence-corrected chi connectivity index (χ3v) is 5.83. The summed E-state index contributed by atoms with van der Waals surface area (Å²) in [7, 11) is 0. The summed E-state index contributed by atoms with van der Waals surface area (Å²) in [5.41, 5.74) is 0.773. The van der Waals surface area contributed by atoms with E-state index in [1.54, 1.807) is 18.2 Å². The first-order valence-corrected chi connectivity index (χ1v) is 10.6. The fraction of sp³-hybridized carbons (Fsp3) is 0.348. The molecule has 4 rings (SSSR count). The molecule has 0 amide bonds. The van der Waals surface area contributed by atoms with Crippen LogP contribution in [0.5, 0.6) is 0 Å². The van der Waals surface area contributed by atoms with Gasteiger partial charge in [-0.25, -0.2) is 23.5 Å². The highest BCUT2D eigenvalue weighted by Gasteiger charge is 2.36. The molecule has 1 fully saturated rings. The number of halogens is 2. The van der Waals surface area contributed by atoms with E-state index in [1.165, 1.54) is 28.6 Å². The maximum absolute atomic E-state index is 14.7. The lowest BCUT2D eigenvalue weighted by Crippen LogP contribution is -2.50. The summed E-state index contributed by atoms with van der Waals surface area (Å²) in [6, 6.07) is 6.72. The smallest absolute Gasteiger partial charge is 0.326 e. The van der Waals surface area contributed by atoms with E-state index in [0.717, 1.165) is 12.6 Å². The summed E-state index contributed by atoms with van der Waals surface area (Å²) in [4.78, 5) is 33.8. The summed E-state index contributed by atoms with van der Waals surface area (Å²) in [6.45, 7) is 3.53. The van der Waals surface area contributed by atoms with Crippen LogP contribution in [0.1, 0.15) is 42.7 Å². The van der Waals surface area contributed by atoms with Gasteiger partial charge in [-0.05, 0) is 30.9 Å². The molecule has 172 valence electrons. The van der Waals surface area contributed by atoms with Gasteiger partial charge in [0.1, 0.15) is 23.2 Å². The van der Waals surface area contributed by atoms with E-state index in [1.807, 2.05) is 6.92 Å². The second-order valence-corrected chi connectivity index (χ2v) is 8.18. The Balaban J connectivity index is 1.73. The number of carbonyl (C=O) groups is 2. The van der Waals surface area contributed by atoms with Gasteiger partial charge in [-0.3, -0.25) is 9.48 Å². The molecule has 2 aromatic heterocycles. The van der Waals surface area contributed by atoms with Crippen LogP contribution in [0.3, 0.4) is 0 Å². The summed E-state index contributed by atoms with van der Waals surface area (Å²) in [6.07, 6.45) is 2.39. The van der Waals surface area contributed by atoms with Gasteiger partial charge in [0.05, 0.1) is 12.7 Å². The first kappa shape index (κ1) is 22.5. The van der Waals surface area contributed by atoms with Crippen LogP contribution in [0.2, 0.25) is 0 Å². The van der Waals surface area contributed by atoms with Crippen LogP contribution in [0.4, 0.5) is 14.6 Å². The van der Waals surface area contributed by atoms with Crippen molar-refractivity contribution < 1.29 is 23.5 Å². The van der Waals surface area contributed by atoms with Crippen molar-refractivity contribution in [3.8, 4) is 11.5 Å². The van der Waals surface area contributed by atoms with Crippen LogP contribution in [-0.2, 0) is 11.3 Å². The predicted molar refractivity (Wildman–Crippen MR) is 116 cm³/mol. The lowest BCUT2D eigenvalue weighted by Gasteiger charge is -2.38. The molecule has 1 aliphatic heterocycles. The highest BCUT2D eigenvalue weighted by atomic mass is 19.1. The van der Waals surface area contributed by atoms with Crippen LogP contribution >= 0.6 is 0 Å². The number of piperidine rings is 1. The Morgan fingerprint density at radius 2 is 1.97 bits per heavy atom. The van der Waals surface area contributed by atoms with Gasteiger partial charge < -0.3 is 10.0 Å². The molecule has 0 unspecified atom stereocenters. The Kier molecular flexibility index (Phi) is 6.17. The number of aromatic nitrogens is 4. The molecule has 0 radical (unpaired) electrons. The fourth-order valence-electron chi connectivity index (χ4n) is 4.20. The van der Waals surface area contributed by atoms with Gasteiger partial charge in [0.15, 0.2) is 23.2 Å². The average molecular weight is 455 g/mol. The molecule has 0 saturated carbocycles. The third-order valence-electron chi connectivity index (χ3n) is 5.83. The summed E-state index contributed by atoms with van der Waals surface area (Å²) < 4.78 is 30.2. The number of hydrogen-bond donors (Lipinski definition) is 1. The van der Waals surface area contributed by atoms with Crippen LogP contribution in [-0.4, -0.2) is 49.2 Å². The van der Waals surface area contributed by atoms with E-state index < -0.39 is 23.6 Å². The van der Waals surface area contributed by atoms with E-state index in [0.29, 0.717) is 18.5 Å². The fourth-order valence-corrected chi connectivity index (χ4v) is 4.20. The lowest BCUT2D eigenvalue weighted by atomic mass is 9.91. The summed E-state index contributed by atoms with van der Waals surface area (Å²) >= 11 is 0. The van der Waals surface area contributed by atoms with E-state index in [2.05, 4.69) is 15.1 Å². The lowest BCUT2D eigenvalue weighted by molar-refractivity contribution is -0.140. The average Bonchev–Trinajstić information content (AvgIpc) is 3.19. The van der Waals surface area contributed by atoms with Crippen molar-refractivity contribution >= 4 is 17.6 Å². The molecule has 33 heavy (non-hydrogen) atoms. The molecule has 0 bridgehead atoms. The highest BCUT2D eigenvalue weighted by molar-refractivity contribution is 5.93. The molecule has 8 nitrogen and oxygen atoms in total. The first-order valence-electron chi connectivity index (χ1n) is 10.6. The van der Waals surface area contributed by atoms with Crippen LogP contribution in [0.25, 0.3) is 11.5 Å². The predicted octanol–water partition coefficient (Wildman–Crippen LogP) is 3.56. The Labute approximate surface area is 188 Å². The number of Topliss-reactive ketones (excluding diaryl/α,β-unsaturated/α-hetero) is 1. The minimum Gasteiger partial charge on any atom is -0.480 e. The molecular formula is C23H23F2N5O3. The van der Waals surface area contributed by atoms with Gasteiger partial charge in [0, 0.05) is 19.0 Å². The molecule has 2 atom stereocenters. The van der Waals surface area contributed by atoms with Crippen LogP contribution < -0.4 is 4.90 Å². The van der Waals surface area contributed by atoms with E-state index in [9.17, 15) is 23.5 Å². The van der Waals surface area contributed by atoms with E-state index in [-0.39, 0.29) is 41.3 Å². The molecular weight excluding hydrogens is 432 g/mol. The van der Waals surface area contributed by atoms with E-state index in [4.69, 9.17) is 0 Å². The van der Waals surface area contributed by atoms with Gasteiger partial charge in [-0.15, -0.1) is 0 Å². The van der Waals surface area contributed by atoms with Crippen molar-refractivity contribution in [2.24, 2.45) is 5.92 Å². The quantitative estimate of drug-likeness (QED) is 0.567. The van der Waals surface area contributed by atoms with Crippen molar-refractivity contribution in [2.75, 3.05) is 11.4 Å². The number of anilines is 1. The number of carbonyl (C=O) groups excluding carboxylic acids is 1. The largest absolute Gasteiger partial charge is 0.480 e.